The Kier molecular flexibility index (Phi) is 4.18. The van der Waals surface area contributed by atoms with Gasteiger partial charge in [-0.05, 0) is 24.3 Å². The van der Waals surface area contributed by atoms with Crippen LogP contribution < -0.4 is 15.6 Å². The number of hydrogen-bond donors (Lipinski definition) is 2. The Hall–Kier alpha value is -2.19. The van der Waals surface area contributed by atoms with E-state index in [2.05, 4.69) is 10.8 Å². The summed E-state index contributed by atoms with van der Waals surface area (Å²) >= 11 is 0. The number of carboxylic acid groups (broad SMARTS) is 1. The van der Waals surface area contributed by atoms with Gasteiger partial charge in [0.1, 0.15) is 12.3 Å². The fourth-order valence-corrected chi connectivity index (χ4v) is 1.25. The summed E-state index contributed by atoms with van der Waals surface area (Å²) in [6.07, 6.45) is 5.17. The van der Waals surface area contributed by atoms with Crippen molar-refractivity contribution in [2.45, 2.75) is 0 Å². The van der Waals surface area contributed by atoms with Gasteiger partial charge in [-0.3, -0.25) is 4.79 Å². The lowest BCUT2D eigenvalue weighted by Crippen LogP contribution is -2.29. The maximum atomic E-state index is 10.6. The van der Waals surface area contributed by atoms with Crippen LogP contribution in [0.25, 0.3) is 0 Å². The first kappa shape index (κ1) is 11.9. The normalized spacial score (nSPS) is 9.25. The summed E-state index contributed by atoms with van der Waals surface area (Å²) in [7, 11) is 0. The predicted octanol–water partition coefficient (Wildman–Crippen LogP) is 0.463. The van der Waals surface area contributed by atoms with Crippen molar-refractivity contribution in [3.05, 3.63) is 24.3 Å². The highest BCUT2D eigenvalue weighted by Crippen LogP contribution is 2.18. The SMILES string of the molecule is C#CCN(CC(=O)O)c1ccc(ON)cc1. The molecule has 1 aromatic rings. The van der Waals surface area contributed by atoms with Crippen molar-refractivity contribution in [3.8, 4) is 18.1 Å². The summed E-state index contributed by atoms with van der Waals surface area (Å²) in [5, 5.41) is 8.72. The maximum Gasteiger partial charge on any atom is 0.323 e. The van der Waals surface area contributed by atoms with Gasteiger partial charge in [0.2, 0.25) is 0 Å². The molecular weight excluding hydrogens is 208 g/mol. The van der Waals surface area contributed by atoms with E-state index >= 15 is 0 Å². The lowest BCUT2D eigenvalue weighted by Gasteiger charge is -2.20. The molecule has 0 atom stereocenters. The van der Waals surface area contributed by atoms with E-state index in [1.807, 2.05) is 0 Å². The van der Waals surface area contributed by atoms with Gasteiger partial charge < -0.3 is 14.8 Å². The fraction of sp³-hybridized carbons (Fsp3) is 0.182. The lowest BCUT2D eigenvalue weighted by molar-refractivity contribution is -0.135. The molecule has 84 valence electrons. The predicted molar refractivity (Wildman–Crippen MR) is 59.9 cm³/mol. The van der Waals surface area contributed by atoms with Crippen molar-refractivity contribution in [2.24, 2.45) is 5.90 Å². The molecule has 0 heterocycles. The molecule has 0 bridgehead atoms. The third-order valence-corrected chi connectivity index (χ3v) is 1.95. The van der Waals surface area contributed by atoms with Gasteiger partial charge in [0.15, 0.2) is 0 Å². The Morgan fingerprint density at radius 3 is 2.56 bits per heavy atom. The van der Waals surface area contributed by atoms with Gasteiger partial charge in [0, 0.05) is 5.69 Å². The van der Waals surface area contributed by atoms with Crippen LogP contribution in [0.15, 0.2) is 24.3 Å². The molecule has 5 nitrogen and oxygen atoms in total. The van der Waals surface area contributed by atoms with Crippen LogP contribution in [-0.4, -0.2) is 24.2 Å². The van der Waals surface area contributed by atoms with Crippen LogP contribution >= 0.6 is 0 Å². The quantitative estimate of drug-likeness (QED) is 0.557. The largest absolute Gasteiger partial charge is 0.480 e. The highest BCUT2D eigenvalue weighted by atomic mass is 16.6. The number of anilines is 1. The number of carboxylic acids is 1. The molecule has 0 aromatic heterocycles. The summed E-state index contributed by atoms with van der Waals surface area (Å²) in [5.74, 6) is 6.95. The highest BCUT2D eigenvalue weighted by Gasteiger charge is 2.09. The van der Waals surface area contributed by atoms with E-state index in [0.717, 1.165) is 0 Å². The van der Waals surface area contributed by atoms with Crippen LogP contribution in [0.2, 0.25) is 0 Å². The fourth-order valence-electron chi connectivity index (χ4n) is 1.25. The highest BCUT2D eigenvalue weighted by molar-refractivity contribution is 5.74. The summed E-state index contributed by atoms with van der Waals surface area (Å²) in [6.45, 7) is 0.0855. The van der Waals surface area contributed by atoms with Gasteiger partial charge in [-0.25, -0.2) is 0 Å². The first-order chi connectivity index (χ1) is 7.67. The zero-order valence-electron chi connectivity index (χ0n) is 8.59. The van der Waals surface area contributed by atoms with Crippen molar-refractivity contribution in [1.82, 2.24) is 0 Å². The molecule has 0 amide bonds. The Balaban J connectivity index is 2.84. The smallest absolute Gasteiger partial charge is 0.323 e. The average Bonchev–Trinajstić information content (AvgIpc) is 2.28. The van der Waals surface area contributed by atoms with Crippen LogP contribution in [0.4, 0.5) is 5.69 Å². The number of nitrogens with two attached hydrogens (primary N) is 1. The Labute approximate surface area is 93.4 Å². The number of nitrogens with zero attached hydrogens (tertiary/aromatic N) is 1. The number of terminal acetylenes is 1. The van der Waals surface area contributed by atoms with E-state index in [-0.39, 0.29) is 13.1 Å². The molecular formula is C11H12N2O3. The van der Waals surface area contributed by atoms with E-state index < -0.39 is 5.97 Å². The average molecular weight is 220 g/mol. The number of benzene rings is 1. The molecule has 0 fully saturated rings. The van der Waals surface area contributed by atoms with Crippen LogP contribution in [0.1, 0.15) is 0 Å². The Morgan fingerprint density at radius 2 is 2.12 bits per heavy atom. The van der Waals surface area contributed by atoms with E-state index in [1.54, 1.807) is 29.2 Å². The van der Waals surface area contributed by atoms with E-state index in [9.17, 15) is 4.79 Å². The molecule has 0 saturated heterocycles. The van der Waals surface area contributed by atoms with Crippen LogP contribution in [0.5, 0.6) is 5.75 Å². The first-order valence-corrected chi connectivity index (χ1v) is 4.54. The van der Waals surface area contributed by atoms with E-state index in [1.165, 1.54) is 0 Å². The standard InChI is InChI=1S/C11H12N2O3/c1-2-7-13(8-11(14)15)9-3-5-10(16-12)6-4-9/h1,3-6H,7-8,12H2,(H,14,15). The molecule has 1 rings (SSSR count). The molecule has 0 spiro atoms. The topological polar surface area (TPSA) is 75.8 Å². The molecule has 0 unspecified atom stereocenters. The Bertz CT molecular complexity index is 395. The molecule has 16 heavy (non-hydrogen) atoms. The molecule has 0 aliphatic carbocycles. The van der Waals surface area contributed by atoms with Crippen LogP contribution in [0.3, 0.4) is 0 Å². The van der Waals surface area contributed by atoms with Crippen molar-refractivity contribution in [3.63, 3.8) is 0 Å². The molecule has 0 aliphatic heterocycles. The van der Waals surface area contributed by atoms with Gasteiger partial charge in [-0.2, -0.15) is 5.90 Å². The number of hydrogen-bond acceptors (Lipinski definition) is 4. The number of aliphatic carboxylic acids is 1. The van der Waals surface area contributed by atoms with Crippen molar-refractivity contribution < 1.29 is 14.7 Å². The third-order valence-electron chi connectivity index (χ3n) is 1.95. The van der Waals surface area contributed by atoms with Crippen molar-refractivity contribution >= 4 is 11.7 Å². The first-order valence-electron chi connectivity index (χ1n) is 4.54. The minimum Gasteiger partial charge on any atom is -0.480 e. The summed E-state index contributed by atoms with van der Waals surface area (Å²) < 4.78 is 0. The van der Waals surface area contributed by atoms with E-state index in [4.69, 9.17) is 17.4 Å². The number of carbonyl (C=O) groups is 1. The molecule has 5 heteroatoms. The minimum atomic E-state index is -0.936. The lowest BCUT2D eigenvalue weighted by atomic mass is 10.2. The second-order valence-corrected chi connectivity index (χ2v) is 3.07. The third kappa shape index (κ3) is 3.19. The zero-order chi connectivity index (χ0) is 12.0. The summed E-state index contributed by atoms with van der Waals surface area (Å²) in [4.78, 5) is 16.7. The molecule has 0 saturated carbocycles. The number of rotatable bonds is 5. The zero-order valence-corrected chi connectivity index (χ0v) is 8.59. The maximum absolute atomic E-state index is 10.6. The van der Waals surface area contributed by atoms with Crippen molar-refractivity contribution in [2.75, 3.05) is 18.0 Å². The van der Waals surface area contributed by atoms with Gasteiger partial charge in [-0.15, -0.1) is 6.42 Å². The monoisotopic (exact) mass is 220 g/mol. The summed E-state index contributed by atoms with van der Waals surface area (Å²) in [5.41, 5.74) is 0.709. The molecule has 0 aliphatic rings. The molecule has 1 aromatic carbocycles. The second-order valence-electron chi connectivity index (χ2n) is 3.07. The Morgan fingerprint density at radius 1 is 1.50 bits per heavy atom. The second kappa shape index (κ2) is 5.63. The summed E-state index contributed by atoms with van der Waals surface area (Å²) in [6, 6.07) is 6.67. The van der Waals surface area contributed by atoms with Gasteiger partial charge in [-0.1, -0.05) is 5.92 Å². The van der Waals surface area contributed by atoms with Gasteiger partial charge in [0.25, 0.3) is 0 Å². The van der Waals surface area contributed by atoms with Crippen LogP contribution in [0, 0.1) is 12.3 Å². The molecule has 3 N–H and O–H groups in total. The molecule has 0 radical (unpaired) electrons. The minimum absolute atomic E-state index is 0.146. The van der Waals surface area contributed by atoms with Crippen LogP contribution in [-0.2, 0) is 4.79 Å². The van der Waals surface area contributed by atoms with Crippen molar-refractivity contribution in [1.29, 1.82) is 0 Å². The van der Waals surface area contributed by atoms with E-state index in [0.29, 0.717) is 11.4 Å². The van der Waals surface area contributed by atoms with Gasteiger partial charge >= 0.3 is 5.97 Å². The van der Waals surface area contributed by atoms with Gasteiger partial charge in [0.05, 0.1) is 6.54 Å².